The van der Waals surface area contributed by atoms with Gasteiger partial charge in [-0.05, 0) is 24.6 Å². The van der Waals surface area contributed by atoms with E-state index in [-0.39, 0.29) is 12.5 Å². The van der Waals surface area contributed by atoms with Gasteiger partial charge in [0.15, 0.2) is 6.61 Å². The van der Waals surface area contributed by atoms with E-state index in [1.807, 2.05) is 12.1 Å². The van der Waals surface area contributed by atoms with Gasteiger partial charge in [-0.25, -0.2) is 0 Å². The fraction of sp³-hybridized carbons (Fsp3) is 0.214. The molecule has 7 heteroatoms. The van der Waals surface area contributed by atoms with Crippen molar-refractivity contribution in [2.24, 2.45) is 0 Å². The standard InChI is InChI=1S/C14H14ClN3O2S/c15-13-2-1-8(21-13)3-4-17-10-6-11-12(5-9(10)16)20-7-14(19)18-11/h1-2,5-6,17H,3-4,7,16H2,(H,18,19). The summed E-state index contributed by atoms with van der Waals surface area (Å²) in [4.78, 5) is 12.5. The monoisotopic (exact) mass is 323 g/mol. The lowest BCUT2D eigenvalue weighted by atomic mass is 10.2. The number of hydrogen-bond donors (Lipinski definition) is 3. The summed E-state index contributed by atoms with van der Waals surface area (Å²) in [7, 11) is 0. The Kier molecular flexibility index (Phi) is 3.90. The molecular formula is C14H14ClN3O2S. The Balaban J connectivity index is 1.67. The second kappa shape index (κ2) is 5.83. The number of thiophene rings is 1. The van der Waals surface area contributed by atoms with Crippen LogP contribution in [0, 0.1) is 0 Å². The fourth-order valence-corrected chi connectivity index (χ4v) is 3.19. The number of rotatable bonds is 4. The van der Waals surface area contributed by atoms with Crippen LogP contribution in [-0.4, -0.2) is 19.1 Å². The molecular weight excluding hydrogens is 310 g/mol. The first-order chi connectivity index (χ1) is 10.1. The minimum atomic E-state index is -0.161. The highest BCUT2D eigenvalue weighted by Crippen LogP contribution is 2.35. The van der Waals surface area contributed by atoms with E-state index in [0.717, 1.165) is 23.0 Å². The fourth-order valence-electron chi connectivity index (χ4n) is 2.10. The molecule has 0 fully saturated rings. The van der Waals surface area contributed by atoms with Crippen molar-refractivity contribution >= 4 is 45.9 Å². The number of ether oxygens (including phenoxy) is 1. The Morgan fingerprint density at radius 3 is 3.05 bits per heavy atom. The first kappa shape index (κ1) is 14.0. The SMILES string of the molecule is Nc1cc2c(cc1NCCc1ccc(Cl)s1)NC(=O)CO2. The quantitative estimate of drug-likeness (QED) is 0.756. The third kappa shape index (κ3) is 3.22. The van der Waals surface area contributed by atoms with Crippen molar-refractivity contribution < 1.29 is 9.53 Å². The molecule has 0 spiro atoms. The van der Waals surface area contributed by atoms with Gasteiger partial charge < -0.3 is 21.1 Å². The summed E-state index contributed by atoms with van der Waals surface area (Å²) in [6.45, 7) is 0.757. The predicted octanol–water partition coefficient (Wildman–Crippen LogP) is 2.97. The smallest absolute Gasteiger partial charge is 0.262 e. The number of carbonyl (C=O) groups is 1. The van der Waals surface area contributed by atoms with Crippen LogP contribution in [-0.2, 0) is 11.2 Å². The maximum atomic E-state index is 11.3. The van der Waals surface area contributed by atoms with Crippen LogP contribution in [0.25, 0.3) is 0 Å². The number of fused-ring (bicyclic) bond motifs is 1. The zero-order valence-electron chi connectivity index (χ0n) is 11.1. The molecule has 2 aromatic rings. The lowest BCUT2D eigenvalue weighted by Gasteiger charge is -2.20. The number of nitrogens with two attached hydrogens (primary N) is 1. The van der Waals surface area contributed by atoms with E-state index in [4.69, 9.17) is 22.1 Å². The lowest BCUT2D eigenvalue weighted by Crippen LogP contribution is -2.25. The van der Waals surface area contributed by atoms with Gasteiger partial charge in [0.1, 0.15) is 5.75 Å². The van der Waals surface area contributed by atoms with Gasteiger partial charge in [0.25, 0.3) is 5.91 Å². The van der Waals surface area contributed by atoms with E-state index >= 15 is 0 Å². The van der Waals surface area contributed by atoms with E-state index in [1.165, 1.54) is 4.88 Å². The number of halogens is 1. The van der Waals surface area contributed by atoms with Crippen molar-refractivity contribution in [1.29, 1.82) is 0 Å². The van der Waals surface area contributed by atoms with E-state index in [9.17, 15) is 4.79 Å². The molecule has 1 aliphatic heterocycles. The third-order valence-corrected chi connectivity index (χ3v) is 4.39. The summed E-state index contributed by atoms with van der Waals surface area (Å²) in [5.74, 6) is 0.439. The number of nitrogens with one attached hydrogen (secondary N) is 2. The van der Waals surface area contributed by atoms with Crippen molar-refractivity contribution in [2.45, 2.75) is 6.42 Å². The molecule has 0 atom stereocenters. The molecule has 1 aromatic carbocycles. The first-order valence-corrected chi connectivity index (χ1v) is 7.65. The number of carbonyl (C=O) groups excluding carboxylic acids is 1. The third-order valence-electron chi connectivity index (χ3n) is 3.10. The van der Waals surface area contributed by atoms with Crippen LogP contribution in [0.1, 0.15) is 4.88 Å². The highest BCUT2D eigenvalue weighted by molar-refractivity contribution is 7.16. The van der Waals surface area contributed by atoms with Crippen molar-refractivity contribution in [1.82, 2.24) is 0 Å². The van der Waals surface area contributed by atoms with Gasteiger partial charge in [-0.3, -0.25) is 4.79 Å². The molecule has 0 saturated carbocycles. The van der Waals surface area contributed by atoms with E-state index < -0.39 is 0 Å². The summed E-state index contributed by atoms with van der Waals surface area (Å²) >= 11 is 7.47. The zero-order chi connectivity index (χ0) is 14.8. The van der Waals surface area contributed by atoms with Crippen LogP contribution in [0.5, 0.6) is 5.75 Å². The molecule has 0 unspecified atom stereocenters. The summed E-state index contributed by atoms with van der Waals surface area (Å²) in [6, 6.07) is 7.42. The van der Waals surface area contributed by atoms with E-state index in [1.54, 1.807) is 23.5 Å². The molecule has 4 N–H and O–H groups in total. The van der Waals surface area contributed by atoms with Gasteiger partial charge in [0, 0.05) is 17.5 Å². The molecule has 3 rings (SSSR count). The van der Waals surface area contributed by atoms with Crippen molar-refractivity contribution in [3.05, 3.63) is 33.5 Å². The lowest BCUT2D eigenvalue weighted by molar-refractivity contribution is -0.118. The van der Waals surface area contributed by atoms with Crippen molar-refractivity contribution in [3.8, 4) is 5.75 Å². The maximum Gasteiger partial charge on any atom is 0.262 e. The maximum absolute atomic E-state index is 11.3. The zero-order valence-corrected chi connectivity index (χ0v) is 12.7. The second-order valence-electron chi connectivity index (χ2n) is 4.66. The molecule has 21 heavy (non-hydrogen) atoms. The van der Waals surface area contributed by atoms with Crippen LogP contribution >= 0.6 is 22.9 Å². The molecule has 1 aromatic heterocycles. The molecule has 1 amide bonds. The second-order valence-corrected chi connectivity index (χ2v) is 6.45. The minimum Gasteiger partial charge on any atom is -0.482 e. The highest BCUT2D eigenvalue weighted by atomic mass is 35.5. The van der Waals surface area contributed by atoms with Crippen LogP contribution in [0.3, 0.4) is 0 Å². The number of amides is 1. The molecule has 0 radical (unpaired) electrons. The number of benzene rings is 1. The van der Waals surface area contributed by atoms with E-state index in [2.05, 4.69) is 10.6 Å². The Morgan fingerprint density at radius 2 is 2.29 bits per heavy atom. The predicted molar refractivity (Wildman–Crippen MR) is 86.5 cm³/mol. The average Bonchev–Trinajstić information content (AvgIpc) is 2.85. The Hall–Kier alpha value is -1.92. The van der Waals surface area contributed by atoms with Crippen LogP contribution in [0.2, 0.25) is 4.34 Å². The van der Waals surface area contributed by atoms with Gasteiger partial charge in [-0.1, -0.05) is 11.6 Å². The van der Waals surface area contributed by atoms with Crippen molar-refractivity contribution in [2.75, 3.05) is 29.5 Å². The molecule has 1 aliphatic rings. The highest BCUT2D eigenvalue weighted by Gasteiger charge is 2.17. The Bertz CT molecular complexity index is 687. The summed E-state index contributed by atoms with van der Waals surface area (Å²) < 4.78 is 6.11. The Labute approximate surface area is 131 Å². The number of anilines is 3. The normalized spacial score (nSPS) is 13.3. The van der Waals surface area contributed by atoms with Crippen LogP contribution < -0.4 is 21.1 Å². The van der Waals surface area contributed by atoms with Gasteiger partial charge in [-0.2, -0.15) is 0 Å². The average molecular weight is 324 g/mol. The van der Waals surface area contributed by atoms with Gasteiger partial charge in [-0.15, -0.1) is 11.3 Å². The molecule has 110 valence electrons. The number of nitrogen functional groups attached to an aromatic ring is 1. The molecule has 2 heterocycles. The summed E-state index contributed by atoms with van der Waals surface area (Å²) in [5.41, 5.74) is 8.00. The molecule has 0 aliphatic carbocycles. The van der Waals surface area contributed by atoms with E-state index in [0.29, 0.717) is 17.1 Å². The number of hydrogen-bond acceptors (Lipinski definition) is 5. The molecule has 0 saturated heterocycles. The largest absolute Gasteiger partial charge is 0.482 e. The van der Waals surface area contributed by atoms with Crippen molar-refractivity contribution in [3.63, 3.8) is 0 Å². The van der Waals surface area contributed by atoms with Gasteiger partial charge in [0.05, 0.1) is 21.4 Å². The summed E-state index contributed by atoms with van der Waals surface area (Å²) in [5, 5.41) is 6.03. The molecule has 5 nitrogen and oxygen atoms in total. The topological polar surface area (TPSA) is 76.4 Å². The first-order valence-electron chi connectivity index (χ1n) is 6.46. The van der Waals surface area contributed by atoms with Crippen LogP contribution in [0.4, 0.5) is 17.1 Å². The van der Waals surface area contributed by atoms with Crippen LogP contribution in [0.15, 0.2) is 24.3 Å². The van der Waals surface area contributed by atoms with Gasteiger partial charge >= 0.3 is 0 Å². The minimum absolute atomic E-state index is 0.0261. The Morgan fingerprint density at radius 1 is 1.43 bits per heavy atom. The summed E-state index contributed by atoms with van der Waals surface area (Å²) in [6.07, 6.45) is 0.858. The van der Waals surface area contributed by atoms with Gasteiger partial charge in [0.2, 0.25) is 0 Å². The molecule has 0 bridgehead atoms.